The lowest BCUT2D eigenvalue weighted by molar-refractivity contribution is 0.737. The fourth-order valence-corrected chi connectivity index (χ4v) is 2.64. The summed E-state index contributed by atoms with van der Waals surface area (Å²) in [5.74, 6) is 1.06. The maximum absolute atomic E-state index is 4.79. The van der Waals surface area contributed by atoms with Gasteiger partial charge in [0, 0.05) is 17.7 Å². The van der Waals surface area contributed by atoms with Gasteiger partial charge in [-0.05, 0) is 13.8 Å². The third-order valence-electron chi connectivity index (χ3n) is 3.57. The molecule has 0 radical (unpaired) electrons. The third kappa shape index (κ3) is 2.14. The molecule has 0 bridgehead atoms. The van der Waals surface area contributed by atoms with Crippen molar-refractivity contribution in [1.29, 1.82) is 0 Å². The van der Waals surface area contributed by atoms with Crippen LogP contribution < -0.4 is 0 Å². The van der Waals surface area contributed by atoms with Gasteiger partial charge in [0.15, 0.2) is 0 Å². The van der Waals surface area contributed by atoms with E-state index in [0.29, 0.717) is 0 Å². The van der Waals surface area contributed by atoms with Crippen LogP contribution in [-0.2, 0) is 6.54 Å². The Bertz CT molecular complexity index is 697. The van der Waals surface area contributed by atoms with Gasteiger partial charge in [0.25, 0.3) is 0 Å². The van der Waals surface area contributed by atoms with Gasteiger partial charge in [0.1, 0.15) is 5.82 Å². The summed E-state index contributed by atoms with van der Waals surface area (Å²) in [5, 5.41) is 0. The van der Waals surface area contributed by atoms with Gasteiger partial charge in [-0.1, -0.05) is 60.7 Å². The second-order valence-corrected chi connectivity index (χ2v) is 4.83. The van der Waals surface area contributed by atoms with Crippen LogP contribution in [0.15, 0.2) is 60.7 Å². The number of hydrogen-bond acceptors (Lipinski definition) is 1. The predicted octanol–water partition coefficient (Wildman–Crippen LogP) is 4.55. The minimum Gasteiger partial charge on any atom is -0.328 e. The quantitative estimate of drug-likeness (QED) is 0.677. The van der Waals surface area contributed by atoms with Crippen LogP contribution in [0.3, 0.4) is 0 Å². The molecular weight excluding hydrogens is 244 g/mol. The van der Waals surface area contributed by atoms with Gasteiger partial charge >= 0.3 is 0 Å². The second-order valence-electron chi connectivity index (χ2n) is 4.83. The Morgan fingerprint density at radius 1 is 0.850 bits per heavy atom. The Morgan fingerprint density at radius 2 is 1.40 bits per heavy atom. The van der Waals surface area contributed by atoms with Crippen LogP contribution in [0.5, 0.6) is 0 Å². The van der Waals surface area contributed by atoms with Crippen molar-refractivity contribution in [2.45, 2.75) is 20.4 Å². The van der Waals surface area contributed by atoms with E-state index in [1.807, 2.05) is 12.1 Å². The topological polar surface area (TPSA) is 17.8 Å². The minimum absolute atomic E-state index is 0.926. The summed E-state index contributed by atoms with van der Waals surface area (Å²) in [6, 6.07) is 20.9. The zero-order valence-corrected chi connectivity index (χ0v) is 11.9. The van der Waals surface area contributed by atoms with E-state index < -0.39 is 0 Å². The molecule has 0 spiro atoms. The largest absolute Gasteiger partial charge is 0.328 e. The predicted molar refractivity (Wildman–Crippen MR) is 83.5 cm³/mol. The molecule has 1 heterocycles. The van der Waals surface area contributed by atoms with E-state index in [-0.39, 0.29) is 0 Å². The summed E-state index contributed by atoms with van der Waals surface area (Å²) in [6.07, 6.45) is 0. The molecule has 1 aromatic heterocycles. The molecule has 0 atom stereocenters. The first-order chi connectivity index (χ1) is 9.81. The molecule has 0 aliphatic heterocycles. The summed E-state index contributed by atoms with van der Waals surface area (Å²) in [7, 11) is 0. The van der Waals surface area contributed by atoms with E-state index in [2.05, 4.69) is 66.9 Å². The Morgan fingerprint density at radius 3 is 1.95 bits per heavy atom. The highest BCUT2D eigenvalue weighted by Gasteiger charge is 2.16. The highest BCUT2D eigenvalue weighted by molar-refractivity contribution is 5.79. The maximum Gasteiger partial charge on any atom is 0.106 e. The molecule has 0 unspecified atom stereocenters. The molecule has 0 fully saturated rings. The molecule has 2 aromatic carbocycles. The average molecular weight is 262 g/mol. The van der Waals surface area contributed by atoms with Crippen LogP contribution in [0.25, 0.3) is 22.5 Å². The van der Waals surface area contributed by atoms with Crippen molar-refractivity contribution in [2.24, 2.45) is 0 Å². The van der Waals surface area contributed by atoms with Crippen LogP contribution in [-0.4, -0.2) is 9.55 Å². The highest BCUT2D eigenvalue weighted by atomic mass is 15.1. The van der Waals surface area contributed by atoms with Crippen LogP contribution >= 0.6 is 0 Å². The summed E-state index contributed by atoms with van der Waals surface area (Å²) in [5.41, 5.74) is 4.66. The molecular formula is C18H18N2. The number of imidazole rings is 1. The fourth-order valence-electron chi connectivity index (χ4n) is 2.64. The van der Waals surface area contributed by atoms with E-state index in [1.165, 1.54) is 16.8 Å². The molecule has 0 saturated heterocycles. The van der Waals surface area contributed by atoms with E-state index in [0.717, 1.165) is 18.1 Å². The molecule has 0 N–H and O–H groups in total. The van der Waals surface area contributed by atoms with Gasteiger partial charge in [0.05, 0.1) is 11.4 Å². The summed E-state index contributed by atoms with van der Waals surface area (Å²) in [4.78, 5) is 4.79. The van der Waals surface area contributed by atoms with Crippen molar-refractivity contribution in [2.75, 3.05) is 0 Å². The van der Waals surface area contributed by atoms with Gasteiger partial charge in [-0.25, -0.2) is 4.98 Å². The van der Waals surface area contributed by atoms with Crippen molar-refractivity contribution in [3.63, 3.8) is 0 Å². The van der Waals surface area contributed by atoms with Gasteiger partial charge < -0.3 is 4.57 Å². The molecule has 0 aliphatic carbocycles. The van der Waals surface area contributed by atoms with Crippen LogP contribution in [0.4, 0.5) is 0 Å². The van der Waals surface area contributed by atoms with Crippen LogP contribution in [0.1, 0.15) is 12.7 Å². The second kappa shape index (κ2) is 5.33. The van der Waals surface area contributed by atoms with E-state index >= 15 is 0 Å². The molecule has 2 nitrogen and oxygen atoms in total. The first kappa shape index (κ1) is 12.7. The molecule has 100 valence electrons. The Balaban J connectivity index is 2.26. The molecule has 3 aromatic rings. The Kier molecular flexibility index (Phi) is 3.38. The normalized spacial score (nSPS) is 10.7. The monoisotopic (exact) mass is 262 g/mol. The van der Waals surface area contributed by atoms with Gasteiger partial charge in [-0.2, -0.15) is 0 Å². The van der Waals surface area contributed by atoms with E-state index in [1.54, 1.807) is 0 Å². The summed E-state index contributed by atoms with van der Waals surface area (Å²) < 4.78 is 2.28. The maximum atomic E-state index is 4.79. The van der Waals surface area contributed by atoms with Crippen molar-refractivity contribution in [1.82, 2.24) is 9.55 Å². The van der Waals surface area contributed by atoms with Gasteiger partial charge in [-0.15, -0.1) is 0 Å². The zero-order valence-electron chi connectivity index (χ0n) is 11.9. The average Bonchev–Trinajstić information content (AvgIpc) is 2.85. The van der Waals surface area contributed by atoms with Gasteiger partial charge in [-0.3, -0.25) is 0 Å². The number of benzene rings is 2. The number of hydrogen-bond donors (Lipinski definition) is 0. The lowest BCUT2D eigenvalue weighted by Crippen LogP contribution is -1.99. The van der Waals surface area contributed by atoms with Crippen LogP contribution in [0, 0.1) is 6.92 Å². The van der Waals surface area contributed by atoms with Crippen molar-refractivity contribution in [3.8, 4) is 22.5 Å². The van der Waals surface area contributed by atoms with Crippen LogP contribution in [0.2, 0.25) is 0 Å². The zero-order chi connectivity index (χ0) is 13.9. The molecule has 20 heavy (non-hydrogen) atoms. The van der Waals surface area contributed by atoms with E-state index in [4.69, 9.17) is 4.98 Å². The Labute approximate surface area is 119 Å². The minimum atomic E-state index is 0.926. The van der Waals surface area contributed by atoms with Crippen molar-refractivity contribution in [3.05, 3.63) is 66.5 Å². The fraction of sp³-hybridized carbons (Fsp3) is 0.167. The van der Waals surface area contributed by atoms with Crippen molar-refractivity contribution >= 4 is 0 Å². The lowest BCUT2D eigenvalue weighted by atomic mass is 10.0. The number of aryl methyl sites for hydroxylation is 1. The van der Waals surface area contributed by atoms with Crippen molar-refractivity contribution < 1.29 is 0 Å². The SMILES string of the molecule is CCn1c(C)nc(-c2ccccc2)c1-c1ccccc1. The molecule has 2 heteroatoms. The number of aromatic nitrogens is 2. The lowest BCUT2D eigenvalue weighted by Gasteiger charge is -2.09. The molecule has 3 rings (SSSR count). The first-order valence-corrected chi connectivity index (χ1v) is 6.99. The molecule has 0 aliphatic rings. The number of rotatable bonds is 3. The third-order valence-corrected chi connectivity index (χ3v) is 3.57. The molecule has 0 saturated carbocycles. The summed E-state index contributed by atoms with van der Waals surface area (Å²) in [6.45, 7) is 5.16. The highest BCUT2D eigenvalue weighted by Crippen LogP contribution is 2.32. The van der Waals surface area contributed by atoms with Gasteiger partial charge in [0.2, 0.25) is 0 Å². The smallest absolute Gasteiger partial charge is 0.106 e. The Hall–Kier alpha value is -2.35. The number of nitrogens with zero attached hydrogens (tertiary/aromatic N) is 2. The standard InChI is InChI=1S/C18H18N2/c1-3-20-14(2)19-17(15-10-6-4-7-11-15)18(20)16-12-8-5-9-13-16/h4-13H,3H2,1-2H3. The summed E-state index contributed by atoms with van der Waals surface area (Å²) >= 11 is 0. The first-order valence-electron chi connectivity index (χ1n) is 6.99. The molecule has 0 amide bonds. The van der Waals surface area contributed by atoms with E-state index in [9.17, 15) is 0 Å².